The van der Waals surface area contributed by atoms with Crippen molar-refractivity contribution < 1.29 is 14.1 Å². The molecule has 1 unspecified atom stereocenters. The maximum atomic E-state index is 10.3. The molecule has 0 amide bonds. The standard InChI is InChI=1S/C9H14N2O3/c1-4-13-8(6(2)3)9-10-7(5-12)14-11-9/h5-6,8H,4H2,1-3H3. The van der Waals surface area contributed by atoms with E-state index in [9.17, 15) is 4.79 Å². The number of aldehydes is 1. The monoisotopic (exact) mass is 198 g/mol. The highest BCUT2D eigenvalue weighted by Crippen LogP contribution is 2.22. The maximum absolute atomic E-state index is 10.3. The molecular weight excluding hydrogens is 184 g/mol. The normalized spacial score (nSPS) is 13.1. The van der Waals surface area contributed by atoms with Gasteiger partial charge in [-0.05, 0) is 12.8 Å². The second kappa shape index (κ2) is 4.85. The van der Waals surface area contributed by atoms with Crippen molar-refractivity contribution in [2.75, 3.05) is 6.61 Å². The summed E-state index contributed by atoms with van der Waals surface area (Å²) in [7, 11) is 0. The van der Waals surface area contributed by atoms with E-state index in [1.807, 2.05) is 20.8 Å². The predicted octanol–water partition coefficient (Wildman–Crippen LogP) is 1.62. The second-order valence-corrected chi connectivity index (χ2v) is 3.23. The molecule has 0 bridgehead atoms. The Labute approximate surface area is 82.4 Å². The fraction of sp³-hybridized carbons (Fsp3) is 0.667. The van der Waals surface area contributed by atoms with E-state index >= 15 is 0 Å². The number of hydrogen-bond donors (Lipinski definition) is 0. The minimum Gasteiger partial charge on any atom is -0.370 e. The number of carbonyl (C=O) groups is 1. The largest absolute Gasteiger partial charge is 0.370 e. The predicted molar refractivity (Wildman–Crippen MR) is 48.9 cm³/mol. The van der Waals surface area contributed by atoms with E-state index in [1.165, 1.54) is 0 Å². The van der Waals surface area contributed by atoms with Crippen molar-refractivity contribution in [3.05, 3.63) is 11.7 Å². The van der Waals surface area contributed by atoms with Gasteiger partial charge in [0.1, 0.15) is 6.10 Å². The van der Waals surface area contributed by atoms with Crippen LogP contribution in [-0.4, -0.2) is 23.0 Å². The molecule has 0 aliphatic heterocycles. The summed E-state index contributed by atoms with van der Waals surface area (Å²) in [5.41, 5.74) is 0. The zero-order valence-electron chi connectivity index (χ0n) is 8.56. The first-order chi connectivity index (χ1) is 6.69. The molecule has 14 heavy (non-hydrogen) atoms. The third-order valence-corrected chi connectivity index (χ3v) is 1.76. The Morgan fingerprint density at radius 3 is 2.71 bits per heavy atom. The van der Waals surface area contributed by atoms with Gasteiger partial charge in [0.05, 0.1) is 0 Å². The van der Waals surface area contributed by atoms with Crippen LogP contribution in [0.3, 0.4) is 0 Å². The first-order valence-electron chi connectivity index (χ1n) is 4.59. The van der Waals surface area contributed by atoms with Gasteiger partial charge in [0.15, 0.2) is 0 Å². The van der Waals surface area contributed by atoms with Gasteiger partial charge in [-0.1, -0.05) is 19.0 Å². The van der Waals surface area contributed by atoms with E-state index in [0.29, 0.717) is 18.7 Å². The quantitative estimate of drug-likeness (QED) is 0.672. The van der Waals surface area contributed by atoms with Crippen LogP contribution in [0.4, 0.5) is 0 Å². The van der Waals surface area contributed by atoms with E-state index in [4.69, 9.17) is 4.74 Å². The number of carbonyl (C=O) groups excluding carboxylic acids is 1. The molecule has 0 aromatic carbocycles. The number of aromatic nitrogens is 2. The minimum absolute atomic E-state index is 0.00893. The molecule has 0 aliphatic carbocycles. The molecule has 78 valence electrons. The van der Waals surface area contributed by atoms with Crippen LogP contribution in [0.25, 0.3) is 0 Å². The Hall–Kier alpha value is -1.23. The zero-order valence-corrected chi connectivity index (χ0v) is 8.56. The van der Waals surface area contributed by atoms with E-state index < -0.39 is 0 Å². The summed E-state index contributed by atoms with van der Waals surface area (Å²) in [4.78, 5) is 14.2. The van der Waals surface area contributed by atoms with Gasteiger partial charge in [-0.15, -0.1) is 0 Å². The van der Waals surface area contributed by atoms with Crippen molar-refractivity contribution in [2.24, 2.45) is 5.92 Å². The molecule has 0 radical (unpaired) electrons. The molecule has 5 nitrogen and oxygen atoms in total. The molecule has 0 fully saturated rings. The van der Waals surface area contributed by atoms with Gasteiger partial charge in [0.25, 0.3) is 5.89 Å². The van der Waals surface area contributed by atoms with Crippen LogP contribution in [0.15, 0.2) is 4.52 Å². The van der Waals surface area contributed by atoms with E-state index in [1.54, 1.807) is 0 Å². The molecule has 0 N–H and O–H groups in total. The summed E-state index contributed by atoms with van der Waals surface area (Å²) in [5.74, 6) is 0.668. The van der Waals surface area contributed by atoms with Crippen LogP contribution in [0.2, 0.25) is 0 Å². The average Bonchev–Trinajstić information content (AvgIpc) is 2.61. The average molecular weight is 198 g/mol. The highest BCUT2D eigenvalue weighted by molar-refractivity contribution is 5.66. The first-order valence-corrected chi connectivity index (χ1v) is 4.59. The number of nitrogens with zero attached hydrogens (tertiary/aromatic N) is 2. The molecule has 5 heteroatoms. The molecule has 1 aromatic rings. The number of ether oxygens (including phenoxy) is 1. The van der Waals surface area contributed by atoms with Crippen molar-refractivity contribution >= 4 is 6.29 Å². The van der Waals surface area contributed by atoms with Crippen molar-refractivity contribution in [3.8, 4) is 0 Å². The molecule has 0 saturated heterocycles. The third-order valence-electron chi connectivity index (χ3n) is 1.76. The molecule has 0 aliphatic rings. The molecular formula is C9H14N2O3. The van der Waals surface area contributed by atoms with Gasteiger partial charge in [-0.2, -0.15) is 4.98 Å². The molecule has 1 aromatic heterocycles. The van der Waals surface area contributed by atoms with Crippen LogP contribution in [0.1, 0.15) is 43.4 Å². The highest BCUT2D eigenvalue weighted by atomic mass is 16.5. The smallest absolute Gasteiger partial charge is 0.290 e. The van der Waals surface area contributed by atoms with Crippen molar-refractivity contribution in [2.45, 2.75) is 26.9 Å². The Morgan fingerprint density at radius 1 is 1.57 bits per heavy atom. The topological polar surface area (TPSA) is 65.2 Å². The van der Waals surface area contributed by atoms with Gasteiger partial charge >= 0.3 is 0 Å². The Morgan fingerprint density at radius 2 is 2.29 bits per heavy atom. The van der Waals surface area contributed by atoms with E-state index in [2.05, 4.69) is 14.7 Å². The lowest BCUT2D eigenvalue weighted by molar-refractivity contribution is 0.0217. The molecule has 1 heterocycles. The fourth-order valence-electron chi connectivity index (χ4n) is 1.16. The van der Waals surface area contributed by atoms with Gasteiger partial charge in [-0.25, -0.2) is 0 Å². The summed E-state index contributed by atoms with van der Waals surface area (Å²) < 4.78 is 10.1. The van der Waals surface area contributed by atoms with Gasteiger partial charge in [0, 0.05) is 6.61 Å². The highest BCUT2D eigenvalue weighted by Gasteiger charge is 2.21. The number of hydrogen-bond acceptors (Lipinski definition) is 5. The molecule has 0 saturated carbocycles. The summed E-state index contributed by atoms with van der Waals surface area (Å²) in [6, 6.07) is 0. The van der Waals surface area contributed by atoms with Crippen LogP contribution in [-0.2, 0) is 4.74 Å². The molecule has 1 rings (SSSR count). The lowest BCUT2D eigenvalue weighted by Gasteiger charge is -2.16. The lowest BCUT2D eigenvalue weighted by Crippen LogP contribution is -2.12. The summed E-state index contributed by atoms with van der Waals surface area (Å²) >= 11 is 0. The van der Waals surface area contributed by atoms with Crippen LogP contribution >= 0.6 is 0 Å². The van der Waals surface area contributed by atoms with E-state index in [-0.39, 0.29) is 17.9 Å². The maximum Gasteiger partial charge on any atom is 0.290 e. The van der Waals surface area contributed by atoms with Crippen LogP contribution in [0, 0.1) is 5.92 Å². The number of rotatable bonds is 5. The van der Waals surface area contributed by atoms with Crippen molar-refractivity contribution in [1.29, 1.82) is 0 Å². The molecule has 1 atom stereocenters. The van der Waals surface area contributed by atoms with Crippen molar-refractivity contribution in [3.63, 3.8) is 0 Å². The summed E-state index contributed by atoms with van der Waals surface area (Å²) in [6.45, 7) is 6.47. The van der Waals surface area contributed by atoms with Crippen molar-refractivity contribution in [1.82, 2.24) is 10.1 Å². The fourth-order valence-corrected chi connectivity index (χ4v) is 1.16. The van der Waals surface area contributed by atoms with Gasteiger partial charge < -0.3 is 9.26 Å². The lowest BCUT2D eigenvalue weighted by atomic mass is 10.1. The summed E-state index contributed by atoms with van der Waals surface area (Å²) in [6.07, 6.45) is 0.317. The molecule has 0 spiro atoms. The van der Waals surface area contributed by atoms with Crippen LogP contribution < -0.4 is 0 Å². The third kappa shape index (κ3) is 2.38. The van der Waals surface area contributed by atoms with Crippen LogP contribution in [0.5, 0.6) is 0 Å². The minimum atomic E-state index is -0.211. The summed E-state index contributed by atoms with van der Waals surface area (Å²) in [5, 5.41) is 3.68. The van der Waals surface area contributed by atoms with E-state index in [0.717, 1.165) is 0 Å². The second-order valence-electron chi connectivity index (χ2n) is 3.23. The first kappa shape index (κ1) is 10.8. The zero-order chi connectivity index (χ0) is 10.6. The Bertz CT molecular complexity index is 296. The Kier molecular flexibility index (Phi) is 3.76. The van der Waals surface area contributed by atoms with Gasteiger partial charge in [0.2, 0.25) is 12.1 Å². The SMILES string of the molecule is CCOC(c1noc(C=O)n1)C(C)C. The Balaban J connectivity index is 2.81. The van der Waals surface area contributed by atoms with Gasteiger partial charge in [-0.3, -0.25) is 4.79 Å².